The van der Waals surface area contributed by atoms with E-state index in [4.69, 9.17) is 0 Å². The molecule has 1 aliphatic carbocycles. The zero-order valence-corrected chi connectivity index (χ0v) is 14.0. The molecule has 1 aliphatic rings. The maximum Gasteiger partial charge on any atom is 0.220 e. The van der Waals surface area contributed by atoms with E-state index < -0.39 is 0 Å². The number of hydrogen-bond donors (Lipinski definition) is 1. The minimum absolute atomic E-state index is 0.0274. The highest BCUT2D eigenvalue weighted by Gasteiger charge is 2.23. The van der Waals surface area contributed by atoms with E-state index in [1.807, 2.05) is 36.4 Å². The summed E-state index contributed by atoms with van der Waals surface area (Å²) in [6.07, 6.45) is 3.40. The van der Waals surface area contributed by atoms with Crippen molar-refractivity contribution in [3.8, 4) is 0 Å². The van der Waals surface area contributed by atoms with Crippen molar-refractivity contribution in [1.29, 1.82) is 0 Å². The normalized spacial score (nSPS) is 15.8. The topological polar surface area (TPSA) is 46.2 Å². The van der Waals surface area contributed by atoms with Gasteiger partial charge < -0.3 is 5.32 Å². The number of hydrogen-bond acceptors (Lipinski definition) is 2. The first kappa shape index (κ1) is 16.4. The molecule has 0 heterocycles. The number of nitrogens with one attached hydrogen (secondary N) is 1. The molecule has 0 bridgehead atoms. The highest BCUT2D eigenvalue weighted by Crippen LogP contribution is 2.30. The monoisotopic (exact) mass is 321 g/mol. The van der Waals surface area contributed by atoms with Crippen molar-refractivity contribution in [3.05, 3.63) is 70.8 Å². The predicted octanol–water partition coefficient (Wildman–Crippen LogP) is 4.02. The Labute approximate surface area is 143 Å². The quantitative estimate of drug-likeness (QED) is 0.817. The summed E-state index contributed by atoms with van der Waals surface area (Å²) in [5.41, 5.74) is 4.43. The van der Waals surface area contributed by atoms with E-state index >= 15 is 0 Å². The average Bonchev–Trinajstić information content (AvgIpc) is 3.03. The van der Waals surface area contributed by atoms with Gasteiger partial charge >= 0.3 is 0 Å². The molecule has 1 atom stereocenters. The van der Waals surface area contributed by atoms with E-state index in [2.05, 4.69) is 24.4 Å². The van der Waals surface area contributed by atoms with Crippen LogP contribution in [0.25, 0.3) is 0 Å². The first-order valence-corrected chi connectivity index (χ1v) is 8.66. The van der Waals surface area contributed by atoms with E-state index in [-0.39, 0.29) is 30.6 Å². The summed E-state index contributed by atoms with van der Waals surface area (Å²) < 4.78 is 0. The third kappa shape index (κ3) is 3.73. The lowest BCUT2D eigenvalue weighted by molar-refractivity contribution is -0.121. The van der Waals surface area contributed by atoms with Gasteiger partial charge in [0.1, 0.15) is 0 Å². The highest BCUT2D eigenvalue weighted by atomic mass is 16.2. The predicted molar refractivity (Wildman–Crippen MR) is 95.0 cm³/mol. The number of rotatable bonds is 6. The van der Waals surface area contributed by atoms with Crippen molar-refractivity contribution < 1.29 is 9.59 Å². The number of amides is 1. The lowest BCUT2D eigenvalue weighted by Gasteiger charge is -2.14. The van der Waals surface area contributed by atoms with E-state index in [9.17, 15) is 9.59 Å². The van der Waals surface area contributed by atoms with Crippen molar-refractivity contribution in [2.75, 3.05) is 0 Å². The molecule has 0 spiro atoms. The summed E-state index contributed by atoms with van der Waals surface area (Å²) in [6, 6.07) is 16.0. The number of Topliss-reactive ketones (excluding diaryl/α,β-unsaturated/α-hetero) is 1. The summed E-state index contributed by atoms with van der Waals surface area (Å²) >= 11 is 0. The van der Waals surface area contributed by atoms with Crippen LogP contribution in [0.1, 0.15) is 59.3 Å². The molecule has 3 nitrogen and oxygen atoms in total. The van der Waals surface area contributed by atoms with Crippen LogP contribution < -0.4 is 5.32 Å². The Morgan fingerprint density at radius 2 is 1.79 bits per heavy atom. The first-order chi connectivity index (χ1) is 11.7. The fourth-order valence-electron chi connectivity index (χ4n) is 3.27. The second-order valence-electron chi connectivity index (χ2n) is 6.33. The summed E-state index contributed by atoms with van der Waals surface area (Å²) in [7, 11) is 0. The van der Waals surface area contributed by atoms with Crippen LogP contribution in [-0.2, 0) is 17.6 Å². The molecule has 3 heteroatoms. The van der Waals surface area contributed by atoms with E-state index in [1.54, 1.807) is 0 Å². The number of ketones is 1. The largest absolute Gasteiger partial charge is 0.349 e. The van der Waals surface area contributed by atoms with Crippen LogP contribution in [0.15, 0.2) is 48.5 Å². The smallest absolute Gasteiger partial charge is 0.220 e. The zero-order valence-electron chi connectivity index (χ0n) is 14.0. The van der Waals surface area contributed by atoms with Crippen LogP contribution >= 0.6 is 0 Å². The van der Waals surface area contributed by atoms with Gasteiger partial charge in [0.25, 0.3) is 0 Å². The molecule has 24 heavy (non-hydrogen) atoms. The summed E-state index contributed by atoms with van der Waals surface area (Å²) in [6.45, 7) is 2.09. The molecular weight excluding hydrogens is 298 g/mol. The lowest BCUT2D eigenvalue weighted by Crippen LogP contribution is -2.27. The molecule has 0 saturated heterocycles. The van der Waals surface area contributed by atoms with Gasteiger partial charge in [0.15, 0.2) is 5.78 Å². The number of carbonyl (C=O) groups is 2. The number of aryl methyl sites for hydroxylation is 2. The third-order valence-corrected chi connectivity index (χ3v) is 4.73. The second kappa shape index (κ2) is 7.43. The lowest BCUT2D eigenvalue weighted by atomic mass is 10.0. The Balaban J connectivity index is 1.51. The molecule has 2 aromatic carbocycles. The van der Waals surface area contributed by atoms with Crippen LogP contribution in [0, 0.1) is 0 Å². The van der Waals surface area contributed by atoms with Crippen molar-refractivity contribution in [1.82, 2.24) is 5.32 Å². The molecule has 3 rings (SSSR count). The summed E-state index contributed by atoms with van der Waals surface area (Å²) in [5, 5.41) is 3.07. The molecule has 0 saturated carbocycles. The molecule has 2 aromatic rings. The van der Waals surface area contributed by atoms with Crippen LogP contribution in [0.4, 0.5) is 0 Å². The van der Waals surface area contributed by atoms with E-state index in [1.165, 1.54) is 16.7 Å². The van der Waals surface area contributed by atoms with Crippen LogP contribution in [-0.4, -0.2) is 11.7 Å². The Kier molecular flexibility index (Phi) is 5.09. The van der Waals surface area contributed by atoms with Crippen molar-refractivity contribution in [2.24, 2.45) is 0 Å². The molecular formula is C21H23NO2. The fraction of sp³-hybridized carbons (Fsp3) is 0.333. The van der Waals surface area contributed by atoms with Crippen molar-refractivity contribution in [2.45, 2.75) is 45.1 Å². The minimum atomic E-state index is -0.0461. The number of carbonyl (C=O) groups excluding carboxylic acids is 2. The number of benzene rings is 2. The summed E-state index contributed by atoms with van der Waals surface area (Å²) in [4.78, 5) is 24.4. The van der Waals surface area contributed by atoms with Crippen LogP contribution in [0.5, 0.6) is 0 Å². The minimum Gasteiger partial charge on any atom is -0.349 e. The standard InChI is InChI=1S/C21H23NO2/c1-2-15-7-9-17(10-8-15)20(23)13-14-21(24)22-19-12-11-16-5-3-4-6-18(16)19/h3-10,19H,2,11-14H2,1H3,(H,22,24). The van der Waals surface area contributed by atoms with Gasteiger partial charge in [-0.25, -0.2) is 0 Å². The van der Waals surface area contributed by atoms with E-state index in [0.29, 0.717) is 5.56 Å². The van der Waals surface area contributed by atoms with Gasteiger partial charge in [0, 0.05) is 18.4 Å². The van der Waals surface area contributed by atoms with Gasteiger partial charge in [-0.15, -0.1) is 0 Å². The van der Waals surface area contributed by atoms with Gasteiger partial charge in [-0.2, -0.15) is 0 Å². The third-order valence-electron chi connectivity index (χ3n) is 4.73. The Bertz CT molecular complexity index is 734. The number of fused-ring (bicyclic) bond motifs is 1. The maximum atomic E-state index is 12.2. The van der Waals surface area contributed by atoms with Crippen molar-refractivity contribution >= 4 is 11.7 Å². The molecule has 124 valence electrons. The fourth-order valence-corrected chi connectivity index (χ4v) is 3.27. The SMILES string of the molecule is CCc1ccc(C(=O)CCC(=O)NC2CCc3ccccc32)cc1. The van der Waals surface area contributed by atoms with Gasteiger partial charge in [-0.05, 0) is 36.0 Å². The molecule has 1 amide bonds. The van der Waals surface area contributed by atoms with Gasteiger partial charge in [0.2, 0.25) is 5.91 Å². The molecule has 1 N–H and O–H groups in total. The molecule has 1 unspecified atom stereocenters. The van der Waals surface area contributed by atoms with Crippen LogP contribution in [0.3, 0.4) is 0 Å². The second-order valence-corrected chi connectivity index (χ2v) is 6.33. The first-order valence-electron chi connectivity index (χ1n) is 8.66. The van der Waals surface area contributed by atoms with Gasteiger partial charge in [-0.3, -0.25) is 9.59 Å². The van der Waals surface area contributed by atoms with Gasteiger partial charge in [-0.1, -0.05) is 55.5 Å². The average molecular weight is 321 g/mol. The van der Waals surface area contributed by atoms with E-state index in [0.717, 1.165) is 19.3 Å². The summed E-state index contributed by atoms with van der Waals surface area (Å²) in [5.74, 6) is -0.0187. The Morgan fingerprint density at radius 1 is 1.04 bits per heavy atom. The molecule has 0 aromatic heterocycles. The highest BCUT2D eigenvalue weighted by molar-refractivity contribution is 5.98. The molecule has 0 radical (unpaired) electrons. The zero-order chi connectivity index (χ0) is 16.9. The maximum absolute atomic E-state index is 12.2. The molecule has 0 fully saturated rings. The van der Waals surface area contributed by atoms with Crippen molar-refractivity contribution in [3.63, 3.8) is 0 Å². The Hall–Kier alpha value is -2.42. The Morgan fingerprint density at radius 3 is 2.54 bits per heavy atom. The van der Waals surface area contributed by atoms with Crippen LogP contribution in [0.2, 0.25) is 0 Å². The molecule has 0 aliphatic heterocycles. The van der Waals surface area contributed by atoms with Gasteiger partial charge in [0.05, 0.1) is 6.04 Å².